The molecule has 0 amide bonds. The molecule has 0 aliphatic rings. The molecule has 0 saturated carbocycles. The van der Waals surface area contributed by atoms with Crippen molar-refractivity contribution in [1.29, 1.82) is 0 Å². The molecule has 3 nitrogen and oxygen atoms in total. The van der Waals surface area contributed by atoms with Crippen LogP contribution in [0.15, 0.2) is 32.7 Å². The van der Waals surface area contributed by atoms with Gasteiger partial charge in [-0.25, -0.2) is 0 Å². The molecular formula is C10H13BrN2OS. The van der Waals surface area contributed by atoms with Crippen molar-refractivity contribution in [1.82, 2.24) is 0 Å². The van der Waals surface area contributed by atoms with Crippen LogP contribution in [0.2, 0.25) is 0 Å². The Bertz CT molecular complexity index is 380. The van der Waals surface area contributed by atoms with Crippen molar-refractivity contribution < 1.29 is 5.21 Å². The van der Waals surface area contributed by atoms with Crippen LogP contribution in [0.3, 0.4) is 0 Å². The van der Waals surface area contributed by atoms with Crippen molar-refractivity contribution in [3.05, 3.63) is 28.2 Å². The molecule has 82 valence electrons. The quantitative estimate of drug-likeness (QED) is 0.295. The highest BCUT2D eigenvalue weighted by atomic mass is 79.9. The zero-order chi connectivity index (χ0) is 11.4. The van der Waals surface area contributed by atoms with Gasteiger partial charge in [-0.15, -0.1) is 11.8 Å². The number of hydrogen-bond acceptors (Lipinski definition) is 3. The number of halogens is 1. The normalized spacial score (nSPS) is 12.1. The molecule has 1 aromatic rings. The number of thioether (sulfide) groups is 1. The van der Waals surface area contributed by atoms with E-state index < -0.39 is 0 Å². The maximum Gasteiger partial charge on any atom is 0.171 e. The average molecular weight is 289 g/mol. The Balaban J connectivity index is 3.14. The standard InChI is InChI=1S/C10H13BrN2OS/c1-6(2)15-9-4-3-7(11)5-8(9)10(12)13-14/h3-6,14H,1-2H3,(H2,12,13). The highest BCUT2D eigenvalue weighted by Gasteiger charge is 2.09. The van der Waals surface area contributed by atoms with Gasteiger partial charge in [-0.3, -0.25) is 0 Å². The molecule has 0 spiro atoms. The van der Waals surface area contributed by atoms with Gasteiger partial charge in [-0.1, -0.05) is 34.9 Å². The summed E-state index contributed by atoms with van der Waals surface area (Å²) in [6, 6.07) is 5.75. The van der Waals surface area contributed by atoms with Crippen LogP contribution >= 0.6 is 27.7 Å². The third-order valence-corrected chi connectivity index (χ3v) is 3.26. The van der Waals surface area contributed by atoms with Crippen LogP contribution in [0.4, 0.5) is 0 Å². The van der Waals surface area contributed by atoms with Crippen molar-refractivity contribution in [2.45, 2.75) is 24.0 Å². The smallest absolute Gasteiger partial charge is 0.171 e. The third-order valence-electron chi connectivity index (χ3n) is 1.69. The molecule has 15 heavy (non-hydrogen) atoms. The lowest BCUT2D eigenvalue weighted by Crippen LogP contribution is -2.14. The van der Waals surface area contributed by atoms with Gasteiger partial charge in [0.2, 0.25) is 0 Å². The molecule has 0 radical (unpaired) electrons. The van der Waals surface area contributed by atoms with Crippen LogP contribution in [-0.4, -0.2) is 16.3 Å². The molecule has 0 aliphatic carbocycles. The van der Waals surface area contributed by atoms with E-state index in [0.717, 1.165) is 14.9 Å². The molecule has 0 bridgehead atoms. The fraction of sp³-hybridized carbons (Fsp3) is 0.300. The highest BCUT2D eigenvalue weighted by molar-refractivity contribution is 9.10. The van der Waals surface area contributed by atoms with Gasteiger partial charge in [-0.2, -0.15) is 0 Å². The lowest BCUT2D eigenvalue weighted by Gasteiger charge is -2.10. The summed E-state index contributed by atoms with van der Waals surface area (Å²) in [7, 11) is 0. The molecule has 3 N–H and O–H groups in total. The molecule has 0 unspecified atom stereocenters. The number of nitrogens with zero attached hydrogens (tertiary/aromatic N) is 1. The molecule has 0 heterocycles. The van der Waals surface area contributed by atoms with Gasteiger partial charge in [0, 0.05) is 20.2 Å². The molecule has 5 heteroatoms. The summed E-state index contributed by atoms with van der Waals surface area (Å²) in [5.41, 5.74) is 6.36. The SMILES string of the molecule is CC(C)Sc1ccc(Br)cc1/C(N)=N/O. The molecule has 0 aliphatic heterocycles. The van der Waals surface area contributed by atoms with Crippen molar-refractivity contribution in [2.75, 3.05) is 0 Å². The van der Waals surface area contributed by atoms with E-state index in [1.165, 1.54) is 0 Å². The molecule has 0 atom stereocenters. The van der Waals surface area contributed by atoms with E-state index in [1.807, 2.05) is 18.2 Å². The summed E-state index contributed by atoms with van der Waals surface area (Å²) >= 11 is 5.04. The van der Waals surface area contributed by atoms with Gasteiger partial charge in [0.25, 0.3) is 0 Å². The number of rotatable bonds is 3. The Hall–Kier alpha value is -0.680. The number of amidine groups is 1. The summed E-state index contributed by atoms with van der Waals surface area (Å²) in [6.45, 7) is 4.20. The first kappa shape index (κ1) is 12.4. The van der Waals surface area contributed by atoms with Crippen LogP contribution in [0.5, 0.6) is 0 Å². The van der Waals surface area contributed by atoms with Crippen molar-refractivity contribution in [2.24, 2.45) is 10.9 Å². The second-order valence-electron chi connectivity index (χ2n) is 3.29. The third kappa shape index (κ3) is 3.43. The minimum atomic E-state index is 0.138. The molecule has 1 aromatic carbocycles. The first-order valence-corrected chi connectivity index (χ1v) is 6.16. The van der Waals surface area contributed by atoms with E-state index in [9.17, 15) is 0 Å². The minimum Gasteiger partial charge on any atom is -0.409 e. The molecular weight excluding hydrogens is 276 g/mol. The van der Waals surface area contributed by atoms with Crippen LogP contribution in [0.1, 0.15) is 19.4 Å². The van der Waals surface area contributed by atoms with Gasteiger partial charge >= 0.3 is 0 Å². The zero-order valence-corrected chi connectivity index (χ0v) is 11.0. The van der Waals surface area contributed by atoms with Gasteiger partial charge in [0.1, 0.15) is 0 Å². The Morgan fingerprint density at radius 2 is 2.20 bits per heavy atom. The monoisotopic (exact) mass is 288 g/mol. The maximum atomic E-state index is 8.68. The van der Waals surface area contributed by atoms with Gasteiger partial charge < -0.3 is 10.9 Å². The summed E-state index contributed by atoms with van der Waals surface area (Å²) in [4.78, 5) is 1.02. The topological polar surface area (TPSA) is 58.6 Å². The van der Waals surface area contributed by atoms with E-state index >= 15 is 0 Å². The van der Waals surface area contributed by atoms with Gasteiger partial charge in [0.05, 0.1) is 0 Å². The molecule has 0 saturated heterocycles. The fourth-order valence-corrected chi connectivity index (χ4v) is 2.42. The Morgan fingerprint density at radius 3 is 2.73 bits per heavy atom. The number of oxime groups is 1. The Kier molecular flexibility index (Phi) is 4.47. The van der Waals surface area contributed by atoms with E-state index in [-0.39, 0.29) is 5.84 Å². The largest absolute Gasteiger partial charge is 0.409 e. The van der Waals surface area contributed by atoms with Crippen molar-refractivity contribution in [3.63, 3.8) is 0 Å². The van der Waals surface area contributed by atoms with Crippen molar-refractivity contribution in [3.8, 4) is 0 Å². The van der Waals surface area contributed by atoms with E-state index in [0.29, 0.717) is 5.25 Å². The molecule has 0 aromatic heterocycles. The molecule has 0 fully saturated rings. The van der Waals surface area contributed by atoms with Gasteiger partial charge in [0.15, 0.2) is 5.84 Å². The summed E-state index contributed by atoms with van der Waals surface area (Å²) in [6.07, 6.45) is 0. The first-order chi connectivity index (χ1) is 7.04. The first-order valence-electron chi connectivity index (χ1n) is 4.48. The predicted octanol–water partition coefficient (Wildman–Crippen LogP) is 3.04. The Labute approximate surface area is 102 Å². The minimum absolute atomic E-state index is 0.138. The molecule has 1 rings (SSSR count). The predicted molar refractivity (Wildman–Crippen MR) is 67.6 cm³/mol. The Morgan fingerprint density at radius 1 is 1.53 bits per heavy atom. The lowest BCUT2D eigenvalue weighted by molar-refractivity contribution is 0.318. The van der Waals surface area contributed by atoms with E-state index in [4.69, 9.17) is 10.9 Å². The number of hydrogen-bond donors (Lipinski definition) is 2. The zero-order valence-electron chi connectivity index (χ0n) is 8.57. The van der Waals surface area contributed by atoms with Gasteiger partial charge in [-0.05, 0) is 18.2 Å². The van der Waals surface area contributed by atoms with E-state index in [1.54, 1.807) is 11.8 Å². The van der Waals surface area contributed by atoms with Crippen LogP contribution in [0, 0.1) is 0 Å². The second kappa shape index (κ2) is 5.42. The van der Waals surface area contributed by atoms with Crippen LogP contribution < -0.4 is 5.73 Å². The average Bonchev–Trinajstić information content (AvgIpc) is 2.19. The number of benzene rings is 1. The second-order valence-corrected chi connectivity index (χ2v) is 5.83. The highest BCUT2D eigenvalue weighted by Crippen LogP contribution is 2.28. The lowest BCUT2D eigenvalue weighted by atomic mass is 10.2. The van der Waals surface area contributed by atoms with E-state index in [2.05, 4.69) is 34.9 Å². The van der Waals surface area contributed by atoms with Crippen LogP contribution in [0.25, 0.3) is 0 Å². The fourth-order valence-electron chi connectivity index (χ4n) is 1.11. The van der Waals surface area contributed by atoms with Crippen LogP contribution in [-0.2, 0) is 0 Å². The number of nitrogens with two attached hydrogens (primary N) is 1. The van der Waals surface area contributed by atoms with Crippen molar-refractivity contribution >= 4 is 33.5 Å². The maximum absolute atomic E-state index is 8.68. The summed E-state index contributed by atoms with van der Waals surface area (Å²) in [5, 5.41) is 12.2. The summed E-state index contributed by atoms with van der Waals surface area (Å²) < 4.78 is 0.914. The summed E-state index contributed by atoms with van der Waals surface area (Å²) in [5.74, 6) is 0.138.